The number of hydrogen-bond acceptors (Lipinski definition) is 2. The summed E-state index contributed by atoms with van der Waals surface area (Å²) in [5, 5.41) is 0. The first-order valence-corrected chi connectivity index (χ1v) is 7.61. The van der Waals surface area contributed by atoms with Crippen molar-refractivity contribution in [2.45, 2.75) is 75.2 Å². The fourth-order valence-corrected chi connectivity index (χ4v) is 0.744. The van der Waals surface area contributed by atoms with E-state index in [4.69, 9.17) is 5.73 Å². The Morgan fingerprint density at radius 1 is 1.21 bits per heavy atom. The molecule has 0 saturated heterocycles. The lowest BCUT2D eigenvalue weighted by molar-refractivity contribution is 0.929. The Kier molecular flexibility index (Phi) is 42.0. The van der Waals surface area contributed by atoms with Gasteiger partial charge in [0, 0.05) is 24.9 Å². The smallest absolute Gasteiger partial charge is 0.0905 e. The number of aliphatic imine (C=N–C) groups is 2. The van der Waals surface area contributed by atoms with Gasteiger partial charge in [-0.1, -0.05) is 54.5 Å². The average molecular weight is 271 g/mol. The molecule has 3 heteroatoms. The van der Waals surface area contributed by atoms with Crippen LogP contribution in [0.1, 0.15) is 75.2 Å². The zero-order valence-electron chi connectivity index (χ0n) is 14.7. The predicted octanol–water partition coefficient (Wildman–Crippen LogP) is 5.22. The highest BCUT2D eigenvalue weighted by Crippen LogP contribution is 1.96. The molecular weight excluding hydrogens is 234 g/mol. The molecule has 0 radical (unpaired) electrons. The second kappa shape index (κ2) is 30.2. The molecule has 0 fully saturated rings. The van der Waals surface area contributed by atoms with Crippen LogP contribution in [0.4, 0.5) is 0 Å². The highest BCUT2D eigenvalue weighted by Gasteiger charge is 1.88. The zero-order chi connectivity index (χ0) is 16.1. The molecule has 2 N–H and O–H groups in total. The van der Waals surface area contributed by atoms with Gasteiger partial charge in [-0.3, -0.25) is 9.98 Å². The highest BCUT2D eigenvalue weighted by atomic mass is 14.8. The molecule has 1 aliphatic heterocycles. The van der Waals surface area contributed by atoms with Crippen molar-refractivity contribution >= 4 is 11.5 Å². The maximum absolute atomic E-state index is 5.23. The quantitative estimate of drug-likeness (QED) is 0.543. The minimum absolute atomic E-state index is 0.682. The summed E-state index contributed by atoms with van der Waals surface area (Å²) in [5.74, 6) is 0.682. The molecule has 1 aliphatic rings. The average Bonchev–Trinajstić information content (AvgIpc) is 2.95. The van der Waals surface area contributed by atoms with Gasteiger partial charge < -0.3 is 5.73 Å². The summed E-state index contributed by atoms with van der Waals surface area (Å²) in [6.07, 6.45) is 6.03. The van der Waals surface area contributed by atoms with Gasteiger partial charge in [-0.05, 0) is 20.3 Å². The standard InChI is InChI=1S/C5H12N2.C5H7N.3C2H6/c1-3-4-7-5(2)6;1-5-3-2-4-6-5;3*1-2/h3-4H2,1-2H3,(H2,6,7);2,4H,3H2,1H3;3*1-2H3. The summed E-state index contributed by atoms with van der Waals surface area (Å²) in [7, 11) is 0. The van der Waals surface area contributed by atoms with Crippen LogP contribution in [0.3, 0.4) is 0 Å². The van der Waals surface area contributed by atoms with Gasteiger partial charge in [0.1, 0.15) is 0 Å². The minimum Gasteiger partial charge on any atom is -0.388 e. The van der Waals surface area contributed by atoms with E-state index in [1.165, 1.54) is 5.71 Å². The number of hydrogen-bond donors (Lipinski definition) is 1. The normalized spacial score (nSPS) is 11.2. The molecular formula is C16H37N3. The number of nitrogens with two attached hydrogens (primary N) is 1. The Morgan fingerprint density at radius 2 is 1.68 bits per heavy atom. The van der Waals surface area contributed by atoms with Gasteiger partial charge in [0.05, 0.1) is 5.84 Å². The van der Waals surface area contributed by atoms with Crippen LogP contribution in [0.2, 0.25) is 0 Å². The summed E-state index contributed by atoms with van der Waals surface area (Å²) >= 11 is 0. The van der Waals surface area contributed by atoms with Crippen LogP contribution in [0.25, 0.3) is 0 Å². The van der Waals surface area contributed by atoms with Crippen LogP contribution >= 0.6 is 0 Å². The van der Waals surface area contributed by atoms with E-state index in [0.29, 0.717) is 5.84 Å². The summed E-state index contributed by atoms with van der Waals surface area (Å²) in [4.78, 5) is 7.91. The summed E-state index contributed by atoms with van der Waals surface area (Å²) in [5.41, 5.74) is 6.45. The zero-order valence-corrected chi connectivity index (χ0v) is 14.7. The molecule has 0 saturated carbocycles. The van der Waals surface area contributed by atoms with Crippen molar-refractivity contribution in [3.05, 3.63) is 12.3 Å². The topological polar surface area (TPSA) is 50.7 Å². The Hall–Kier alpha value is -1.12. The van der Waals surface area contributed by atoms with Gasteiger partial charge >= 0.3 is 0 Å². The first-order valence-electron chi connectivity index (χ1n) is 7.61. The summed E-state index contributed by atoms with van der Waals surface area (Å²) in [6.45, 7) is 18.8. The van der Waals surface area contributed by atoms with Crippen molar-refractivity contribution in [2.24, 2.45) is 15.7 Å². The van der Waals surface area contributed by atoms with Crippen molar-refractivity contribution in [1.29, 1.82) is 0 Å². The van der Waals surface area contributed by atoms with Crippen molar-refractivity contribution in [1.82, 2.24) is 0 Å². The van der Waals surface area contributed by atoms with Gasteiger partial charge in [0.2, 0.25) is 0 Å². The Labute approximate surface area is 122 Å². The molecule has 0 aromatic carbocycles. The SMILES string of the molecule is CC.CC.CC.CC1=NC=CC1.CCCN=C(C)N. The second-order valence-electron chi connectivity index (χ2n) is 2.98. The van der Waals surface area contributed by atoms with Crippen LogP contribution in [-0.2, 0) is 0 Å². The Morgan fingerprint density at radius 3 is 1.79 bits per heavy atom. The molecule has 116 valence electrons. The first kappa shape index (κ1) is 26.4. The molecule has 0 aliphatic carbocycles. The van der Waals surface area contributed by atoms with Crippen LogP contribution < -0.4 is 5.73 Å². The van der Waals surface area contributed by atoms with Crippen molar-refractivity contribution in [2.75, 3.05) is 6.54 Å². The second-order valence-corrected chi connectivity index (χ2v) is 2.98. The highest BCUT2D eigenvalue weighted by molar-refractivity contribution is 5.85. The lowest BCUT2D eigenvalue weighted by Gasteiger charge is -1.86. The molecule has 19 heavy (non-hydrogen) atoms. The van der Waals surface area contributed by atoms with Crippen molar-refractivity contribution < 1.29 is 0 Å². The predicted molar refractivity (Wildman–Crippen MR) is 93.4 cm³/mol. The fraction of sp³-hybridized carbons (Fsp3) is 0.750. The summed E-state index contributed by atoms with van der Waals surface area (Å²) < 4.78 is 0. The number of allylic oxidation sites excluding steroid dienone is 1. The molecule has 0 spiro atoms. The van der Waals surface area contributed by atoms with Gasteiger partial charge in [0.25, 0.3) is 0 Å². The van der Waals surface area contributed by atoms with E-state index >= 15 is 0 Å². The van der Waals surface area contributed by atoms with Gasteiger partial charge in [-0.2, -0.15) is 0 Å². The number of rotatable bonds is 2. The van der Waals surface area contributed by atoms with Gasteiger partial charge in [-0.15, -0.1) is 0 Å². The van der Waals surface area contributed by atoms with E-state index in [1.807, 2.05) is 54.7 Å². The molecule has 1 rings (SSSR count). The van der Waals surface area contributed by atoms with E-state index in [9.17, 15) is 0 Å². The molecule has 0 aromatic rings. The van der Waals surface area contributed by atoms with Gasteiger partial charge in [-0.25, -0.2) is 0 Å². The lowest BCUT2D eigenvalue weighted by Crippen LogP contribution is -2.05. The molecule has 3 nitrogen and oxygen atoms in total. The Bertz CT molecular complexity index is 212. The van der Waals surface area contributed by atoms with E-state index in [2.05, 4.69) is 23.0 Å². The molecule has 1 heterocycles. The van der Waals surface area contributed by atoms with Crippen molar-refractivity contribution in [3.8, 4) is 0 Å². The minimum atomic E-state index is 0.682. The van der Waals surface area contributed by atoms with E-state index in [0.717, 1.165) is 19.4 Å². The summed E-state index contributed by atoms with van der Waals surface area (Å²) in [6, 6.07) is 0. The molecule has 0 atom stereocenters. The van der Waals surface area contributed by atoms with Crippen LogP contribution in [0, 0.1) is 0 Å². The fourth-order valence-electron chi connectivity index (χ4n) is 0.744. The Balaban J connectivity index is -0.0000000854. The largest absolute Gasteiger partial charge is 0.388 e. The molecule has 0 aromatic heterocycles. The molecule has 0 unspecified atom stereocenters. The lowest BCUT2D eigenvalue weighted by atomic mass is 10.3. The van der Waals surface area contributed by atoms with Crippen LogP contribution in [-0.4, -0.2) is 18.1 Å². The maximum atomic E-state index is 5.23. The maximum Gasteiger partial charge on any atom is 0.0905 e. The third-order valence-corrected chi connectivity index (χ3v) is 1.40. The van der Waals surface area contributed by atoms with E-state index in [1.54, 1.807) is 6.92 Å². The monoisotopic (exact) mass is 271 g/mol. The number of nitrogens with zero attached hydrogens (tertiary/aromatic N) is 2. The van der Waals surface area contributed by atoms with E-state index < -0.39 is 0 Å². The first-order chi connectivity index (χ1) is 9.16. The molecule has 0 amide bonds. The molecule has 0 bridgehead atoms. The third kappa shape index (κ3) is 38.3. The van der Waals surface area contributed by atoms with Crippen LogP contribution in [0.5, 0.6) is 0 Å². The third-order valence-electron chi connectivity index (χ3n) is 1.40. The van der Waals surface area contributed by atoms with Gasteiger partial charge in [0.15, 0.2) is 0 Å². The van der Waals surface area contributed by atoms with Crippen molar-refractivity contribution in [3.63, 3.8) is 0 Å². The van der Waals surface area contributed by atoms with E-state index in [-0.39, 0.29) is 0 Å². The number of amidine groups is 1. The van der Waals surface area contributed by atoms with Crippen LogP contribution in [0.15, 0.2) is 22.3 Å².